The summed E-state index contributed by atoms with van der Waals surface area (Å²) in [6.07, 6.45) is 0. The van der Waals surface area contributed by atoms with Crippen LogP contribution in [0.2, 0.25) is 5.02 Å². The summed E-state index contributed by atoms with van der Waals surface area (Å²) < 4.78 is 5.46. The number of rotatable bonds is 6. The van der Waals surface area contributed by atoms with Crippen LogP contribution in [0.25, 0.3) is 0 Å². The van der Waals surface area contributed by atoms with Gasteiger partial charge in [-0.25, -0.2) is 0 Å². The van der Waals surface area contributed by atoms with Crippen molar-refractivity contribution in [2.24, 2.45) is 0 Å². The first-order valence-corrected chi connectivity index (χ1v) is 8.96. The van der Waals surface area contributed by atoms with Crippen LogP contribution in [0, 0.1) is 17.0 Å². The first-order valence-electron chi connectivity index (χ1n) is 8.59. The lowest BCUT2D eigenvalue weighted by Gasteiger charge is -2.21. The molecule has 0 fully saturated rings. The predicted molar refractivity (Wildman–Crippen MR) is 106 cm³/mol. The van der Waals surface area contributed by atoms with Crippen LogP contribution in [0.3, 0.4) is 0 Å². The van der Waals surface area contributed by atoms with Gasteiger partial charge in [0.2, 0.25) is 0 Å². The largest absolute Gasteiger partial charge is 0.496 e. The van der Waals surface area contributed by atoms with Gasteiger partial charge < -0.3 is 10.1 Å². The number of nitrogens with zero attached hydrogens (tertiary/aromatic N) is 1. The molecule has 0 aliphatic heterocycles. The van der Waals surface area contributed by atoms with Gasteiger partial charge in [-0.15, -0.1) is 0 Å². The number of hydrogen-bond donors (Lipinski definition) is 1. The van der Waals surface area contributed by atoms with E-state index in [0.29, 0.717) is 0 Å². The number of halogens is 1. The zero-order valence-corrected chi connectivity index (χ0v) is 16.8. The quantitative estimate of drug-likeness (QED) is 0.544. The monoisotopic (exact) mass is 390 g/mol. The van der Waals surface area contributed by atoms with E-state index in [-0.39, 0.29) is 28.2 Å². The Balaban J connectivity index is 2.30. The van der Waals surface area contributed by atoms with Crippen molar-refractivity contribution in [3.63, 3.8) is 0 Å². The van der Waals surface area contributed by atoms with Crippen molar-refractivity contribution >= 4 is 23.2 Å². The molecule has 2 rings (SSSR count). The third-order valence-corrected chi connectivity index (χ3v) is 4.78. The Labute approximate surface area is 163 Å². The molecule has 2 aromatic rings. The van der Waals surface area contributed by atoms with Crippen LogP contribution in [0.15, 0.2) is 30.3 Å². The molecule has 0 spiro atoms. The van der Waals surface area contributed by atoms with Crippen molar-refractivity contribution in [3.05, 3.63) is 67.7 Å². The van der Waals surface area contributed by atoms with Crippen LogP contribution in [-0.4, -0.2) is 17.9 Å². The molecule has 0 aliphatic carbocycles. The lowest BCUT2D eigenvalue weighted by molar-refractivity contribution is -0.384. The van der Waals surface area contributed by atoms with Crippen molar-refractivity contribution in [3.8, 4) is 5.75 Å². The third kappa shape index (κ3) is 4.57. The molecule has 1 N–H and O–H groups in total. The molecule has 1 atom stereocenters. The second-order valence-corrected chi connectivity index (χ2v) is 7.13. The summed E-state index contributed by atoms with van der Waals surface area (Å²) in [5, 5.41) is 13.9. The topological polar surface area (TPSA) is 81.5 Å². The van der Waals surface area contributed by atoms with Gasteiger partial charge in [-0.1, -0.05) is 25.4 Å². The van der Waals surface area contributed by atoms with Crippen LogP contribution in [0.5, 0.6) is 5.75 Å². The third-order valence-electron chi connectivity index (χ3n) is 4.46. The molecule has 1 amide bonds. The standard InChI is InChI=1S/C20H23ClN2O4/c1-11(2)15-10-16(12(3)8-19(15)27-5)13(4)22-20(24)14-6-7-17(21)18(9-14)23(25)26/h6-11,13H,1-5H3,(H,22,24)/t13-/m0/s1. The van der Waals surface area contributed by atoms with Gasteiger partial charge in [0.25, 0.3) is 11.6 Å². The number of benzene rings is 2. The Morgan fingerprint density at radius 1 is 1.19 bits per heavy atom. The van der Waals surface area contributed by atoms with Crippen LogP contribution in [-0.2, 0) is 0 Å². The minimum Gasteiger partial charge on any atom is -0.496 e. The molecular weight excluding hydrogens is 368 g/mol. The molecule has 0 radical (unpaired) electrons. The molecule has 2 aromatic carbocycles. The maximum absolute atomic E-state index is 12.6. The molecule has 144 valence electrons. The Hall–Kier alpha value is -2.60. The molecule has 0 saturated carbocycles. The minimum atomic E-state index is -0.606. The van der Waals surface area contributed by atoms with Gasteiger partial charge in [0, 0.05) is 11.6 Å². The van der Waals surface area contributed by atoms with E-state index in [1.54, 1.807) is 7.11 Å². The van der Waals surface area contributed by atoms with E-state index < -0.39 is 10.8 Å². The lowest BCUT2D eigenvalue weighted by atomic mass is 9.93. The second kappa shape index (κ2) is 8.39. The molecule has 0 aromatic heterocycles. The fourth-order valence-corrected chi connectivity index (χ4v) is 3.15. The van der Waals surface area contributed by atoms with Gasteiger partial charge in [0.15, 0.2) is 0 Å². The molecule has 7 heteroatoms. The predicted octanol–water partition coefficient (Wildman–Crippen LogP) is 5.18. The molecule has 0 unspecified atom stereocenters. The van der Waals surface area contributed by atoms with E-state index in [2.05, 4.69) is 19.2 Å². The number of nitrogens with one attached hydrogen (secondary N) is 1. The number of amides is 1. The Morgan fingerprint density at radius 3 is 2.41 bits per heavy atom. The van der Waals surface area contributed by atoms with Crippen molar-refractivity contribution < 1.29 is 14.5 Å². The summed E-state index contributed by atoms with van der Waals surface area (Å²) in [5.74, 6) is 0.683. The van der Waals surface area contributed by atoms with E-state index in [9.17, 15) is 14.9 Å². The SMILES string of the molecule is COc1cc(C)c([C@H](C)NC(=O)c2ccc(Cl)c([N+](=O)[O-])c2)cc1C(C)C. The zero-order chi connectivity index (χ0) is 20.3. The van der Waals surface area contributed by atoms with Crippen LogP contribution < -0.4 is 10.1 Å². The van der Waals surface area contributed by atoms with Crippen LogP contribution in [0.1, 0.15) is 59.8 Å². The summed E-state index contributed by atoms with van der Waals surface area (Å²) in [6.45, 7) is 7.99. The molecule has 0 heterocycles. The highest BCUT2D eigenvalue weighted by atomic mass is 35.5. The van der Waals surface area contributed by atoms with Gasteiger partial charge in [0.05, 0.1) is 18.1 Å². The molecule has 0 saturated heterocycles. The molecule has 27 heavy (non-hydrogen) atoms. The van der Waals surface area contributed by atoms with Gasteiger partial charge in [0.1, 0.15) is 10.8 Å². The van der Waals surface area contributed by atoms with Crippen molar-refractivity contribution in [1.29, 1.82) is 0 Å². The van der Waals surface area contributed by atoms with Gasteiger partial charge in [-0.2, -0.15) is 0 Å². The molecular formula is C20H23ClN2O4. The lowest BCUT2D eigenvalue weighted by Crippen LogP contribution is -2.27. The number of methoxy groups -OCH3 is 1. The number of carbonyl (C=O) groups excluding carboxylic acids is 1. The van der Waals surface area contributed by atoms with E-state index in [4.69, 9.17) is 16.3 Å². The maximum Gasteiger partial charge on any atom is 0.288 e. The average Bonchev–Trinajstić information content (AvgIpc) is 2.60. The van der Waals surface area contributed by atoms with E-state index in [0.717, 1.165) is 22.4 Å². The fraction of sp³-hybridized carbons (Fsp3) is 0.350. The summed E-state index contributed by atoms with van der Waals surface area (Å²) in [4.78, 5) is 23.0. The second-order valence-electron chi connectivity index (χ2n) is 6.72. The number of hydrogen-bond acceptors (Lipinski definition) is 4. The number of aryl methyl sites for hydroxylation is 1. The van der Waals surface area contributed by atoms with Gasteiger partial charge in [-0.3, -0.25) is 14.9 Å². The molecule has 0 bridgehead atoms. The zero-order valence-electron chi connectivity index (χ0n) is 16.0. The Morgan fingerprint density at radius 2 is 1.85 bits per heavy atom. The molecule has 0 aliphatic rings. The van der Waals surface area contributed by atoms with Gasteiger partial charge in [-0.05, 0) is 60.7 Å². The number of carbonyl (C=O) groups is 1. The van der Waals surface area contributed by atoms with E-state index in [1.165, 1.54) is 18.2 Å². The fourth-order valence-electron chi connectivity index (χ4n) is 2.96. The summed E-state index contributed by atoms with van der Waals surface area (Å²) in [7, 11) is 1.64. The Bertz CT molecular complexity index is 881. The van der Waals surface area contributed by atoms with Crippen LogP contribution >= 0.6 is 11.6 Å². The normalized spacial score (nSPS) is 12.0. The maximum atomic E-state index is 12.6. The van der Waals surface area contributed by atoms with Gasteiger partial charge >= 0.3 is 0 Å². The number of nitro benzene ring substituents is 1. The first-order chi connectivity index (χ1) is 12.6. The smallest absolute Gasteiger partial charge is 0.288 e. The van der Waals surface area contributed by atoms with Crippen LogP contribution in [0.4, 0.5) is 5.69 Å². The highest BCUT2D eigenvalue weighted by Gasteiger charge is 2.20. The highest BCUT2D eigenvalue weighted by Crippen LogP contribution is 2.32. The summed E-state index contributed by atoms with van der Waals surface area (Å²) in [6, 6.07) is 7.72. The highest BCUT2D eigenvalue weighted by molar-refractivity contribution is 6.32. The Kier molecular flexibility index (Phi) is 6.44. The van der Waals surface area contributed by atoms with Crippen molar-refractivity contribution in [2.45, 2.75) is 39.7 Å². The number of ether oxygens (including phenoxy) is 1. The summed E-state index contributed by atoms with van der Waals surface area (Å²) >= 11 is 5.81. The van der Waals surface area contributed by atoms with E-state index >= 15 is 0 Å². The number of nitro groups is 1. The minimum absolute atomic E-state index is 0.00262. The van der Waals surface area contributed by atoms with Crippen molar-refractivity contribution in [2.75, 3.05) is 7.11 Å². The summed E-state index contributed by atoms with van der Waals surface area (Å²) in [5.41, 5.74) is 2.91. The average molecular weight is 391 g/mol. The van der Waals surface area contributed by atoms with Crippen molar-refractivity contribution in [1.82, 2.24) is 5.32 Å². The first kappa shape index (κ1) is 20.7. The van der Waals surface area contributed by atoms with E-state index in [1.807, 2.05) is 26.0 Å². The molecule has 6 nitrogen and oxygen atoms in total.